The summed E-state index contributed by atoms with van der Waals surface area (Å²) in [6.45, 7) is 2.48. The fourth-order valence-electron chi connectivity index (χ4n) is 3.45. The smallest absolute Gasteiger partial charge is 0.337 e. The van der Waals surface area contributed by atoms with Gasteiger partial charge in [0.1, 0.15) is 0 Å². The third-order valence-corrected chi connectivity index (χ3v) is 5.28. The molecule has 0 spiro atoms. The number of amides is 1. The Kier molecular flexibility index (Phi) is 7.26. The van der Waals surface area contributed by atoms with E-state index in [0.29, 0.717) is 22.7 Å². The Bertz CT molecular complexity index is 985. The van der Waals surface area contributed by atoms with Crippen molar-refractivity contribution in [1.82, 2.24) is 4.90 Å². The molecule has 154 valence electrons. The molecule has 0 aliphatic carbocycles. The van der Waals surface area contributed by atoms with Crippen LogP contribution in [0.15, 0.2) is 78.9 Å². The Balaban J connectivity index is 1.95. The van der Waals surface area contributed by atoms with Crippen molar-refractivity contribution in [3.05, 3.63) is 106 Å². The Hall–Kier alpha value is -3.11. The average Bonchev–Trinajstić information content (AvgIpc) is 2.79. The molecule has 3 aromatic carbocycles. The van der Waals surface area contributed by atoms with E-state index in [1.165, 1.54) is 7.11 Å². The lowest BCUT2D eigenvalue weighted by atomic mass is 10.00. The molecular weight excluding hydrogens is 398 g/mol. The number of rotatable bonds is 7. The van der Waals surface area contributed by atoms with Crippen LogP contribution in [0.4, 0.5) is 0 Å². The van der Waals surface area contributed by atoms with Crippen molar-refractivity contribution in [2.45, 2.75) is 25.9 Å². The van der Waals surface area contributed by atoms with E-state index < -0.39 is 0 Å². The van der Waals surface area contributed by atoms with Gasteiger partial charge < -0.3 is 9.64 Å². The lowest BCUT2D eigenvalue weighted by Gasteiger charge is -2.32. The van der Waals surface area contributed by atoms with Crippen LogP contribution >= 0.6 is 11.6 Å². The molecule has 1 amide bonds. The molecule has 0 aliphatic rings. The highest BCUT2D eigenvalue weighted by Gasteiger charge is 2.25. The van der Waals surface area contributed by atoms with Crippen LogP contribution in [-0.4, -0.2) is 23.9 Å². The minimum absolute atomic E-state index is 0.0700. The Morgan fingerprint density at radius 2 is 1.50 bits per heavy atom. The van der Waals surface area contributed by atoms with E-state index in [-0.39, 0.29) is 17.9 Å². The Morgan fingerprint density at radius 3 is 2.07 bits per heavy atom. The molecule has 0 radical (unpaired) electrons. The van der Waals surface area contributed by atoms with Crippen molar-refractivity contribution in [3.63, 3.8) is 0 Å². The summed E-state index contributed by atoms with van der Waals surface area (Å²) in [6.07, 6.45) is 0.767. The number of carbonyl (C=O) groups excluding carboxylic acids is 2. The van der Waals surface area contributed by atoms with Crippen LogP contribution in [0.2, 0.25) is 5.02 Å². The summed E-state index contributed by atoms with van der Waals surface area (Å²) in [4.78, 5) is 27.0. The second-order valence-corrected chi connectivity index (χ2v) is 7.40. The average molecular weight is 422 g/mol. The van der Waals surface area contributed by atoms with Gasteiger partial charge in [0.25, 0.3) is 5.91 Å². The van der Waals surface area contributed by atoms with Gasteiger partial charge in [-0.1, -0.05) is 61.0 Å². The van der Waals surface area contributed by atoms with Crippen LogP contribution in [0.3, 0.4) is 0 Å². The first-order valence-electron chi connectivity index (χ1n) is 9.82. The maximum Gasteiger partial charge on any atom is 0.337 e. The molecule has 0 saturated carbocycles. The number of carbonyl (C=O) groups is 2. The normalized spacial score (nSPS) is 11.6. The summed E-state index contributed by atoms with van der Waals surface area (Å²) in [6, 6.07) is 24.0. The third-order valence-electron chi connectivity index (χ3n) is 5.03. The molecule has 3 aromatic rings. The van der Waals surface area contributed by atoms with E-state index in [2.05, 4.69) is 6.92 Å². The van der Waals surface area contributed by atoms with Crippen molar-refractivity contribution in [3.8, 4) is 0 Å². The van der Waals surface area contributed by atoms with E-state index in [1.54, 1.807) is 36.4 Å². The lowest BCUT2D eigenvalue weighted by Crippen LogP contribution is -2.34. The van der Waals surface area contributed by atoms with Gasteiger partial charge in [0.2, 0.25) is 0 Å². The van der Waals surface area contributed by atoms with Crippen LogP contribution in [-0.2, 0) is 11.3 Å². The number of halogens is 1. The summed E-state index contributed by atoms with van der Waals surface area (Å²) >= 11 is 6.00. The monoisotopic (exact) mass is 421 g/mol. The maximum atomic E-state index is 13.5. The van der Waals surface area contributed by atoms with E-state index in [4.69, 9.17) is 16.3 Å². The number of hydrogen-bond donors (Lipinski definition) is 0. The zero-order valence-electron chi connectivity index (χ0n) is 17.0. The second-order valence-electron chi connectivity index (χ2n) is 6.96. The van der Waals surface area contributed by atoms with Gasteiger partial charge >= 0.3 is 5.97 Å². The highest BCUT2D eigenvalue weighted by Crippen LogP contribution is 2.28. The fourth-order valence-corrected chi connectivity index (χ4v) is 3.58. The van der Waals surface area contributed by atoms with E-state index in [0.717, 1.165) is 17.5 Å². The number of hydrogen-bond acceptors (Lipinski definition) is 3. The molecule has 0 fully saturated rings. The van der Waals surface area contributed by atoms with Crippen LogP contribution in [0.5, 0.6) is 0 Å². The van der Waals surface area contributed by atoms with Crippen LogP contribution < -0.4 is 0 Å². The summed E-state index contributed by atoms with van der Waals surface area (Å²) < 4.78 is 4.76. The number of benzene rings is 3. The number of methoxy groups -OCH3 is 1. The zero-order chi connectivity index (χ0) is 21.5. The van der Waals surface area contributed by atoms with Crippen molar-refractivity contribution in [1.29, 1.82) is 0 Å². The highest BCUT2D eigenvalue weighted by molar-refractivity contribution is 6.30. The van der Waals surface area contributed by atoms with Gasteiger partial charge in [-0.25, -0.2) is 4.79 Å². The maximum absolute atomic E-state index is 13.5. The van der Waals surface area contributed by atoms with Crippen LogP contribution in [0.1, 0.15) is 51.2 Å². The molecule has 0 aromatic heterocycles. The number of esters is 1. The molecule has 0 heterocycles. The first kappa shape index (κ1) is 21.6. The quantitative estimate of drug-likeness (QED) is 0.445. The van der Waals surface area contributed by atoms with Gasteiger partial charge in [-0.3, -0.25) is 4.79 Å². The predicted molar refractivity (Wildman–Crippen MR) is 119 cm³/mol. The second kappa shape index (κ2) is 10.1. The van der Waals surface area contributed by atoms with Gasteiger partial charge in [-0.15, -0.1) is 0 Å². The highest BCUT2D eigenvalue weighted by atomic mass is 35.5. The molecule has 0 saturated heterocycles. The summed E-state index contributed by atoms with van der Waals surface area (Å²) in [5, 5.41) is 0.589. The summed E-state index contributed by atoms with van der Waals surface area (Å²) in [7, 11) is 1.36. The number of nitrogens with zero attached hydrogens (tertiary/aromatic N) is 1. The van der Waals surface area contributed by atoms with Gasteiger partial charge in [0.05, 0.1) is 18.7 Å². The van der Waals surface area contributed by atoms with E-state index in [1.807, 2.05) is 47.4 Å². The first-order chi connectivity index (χ1) is 14.5. The molecule has 30 heavy (non-hydrogen) atoms. The van der Waals surface area contributed by atoms with Gasteiger partial charge in [-0.05, 0) is 53.9 Å². The molecule has 5 heteroatoms. The molecular formula is C25H24ClNO3. The first-order valence-corrected chi connectivity index (χ1v) is 10.2. The SMILES string of the molecule is CC[C@@H](c1ccccc1)N(Cc1ccc(C(=O)OC)cc1)C(=O)c1ccc(Cl)cc1. The lowest BCUT2D eigenvalue weighted by molar-refractivity contribution is 0.0598. The van der Waals surface area contributed by atoms with E-state index >= 15 is 0 Å². The largest absolute Gasteiger partial charge is 0.465 e. The van der Waals surface area contributed by atoms with Gasteiger partial charge in [0.15, 0.2) is 0 Å². The molecule has 0 unspecified atom stereocenters. The zero-order valence-corrected chi connectivity index (χ0v) is 17.8. The van der Waals surface area contributed by atoms with Crippen LogP contribution in [0, 0.1) is 0 Å². The Morgan fingerprint density at radius 1 is 0.900 bits per heavy atom. The Labute approximate surface area is 182 Å². The molecule has 1 atom stereocenters. The topological polar surface area (TPSA) is 46.6 Å². The van der Waals surface area contributed by atoms with E-state index in [9.17, 15) is 9.59 Å². The molecule has 3 rings (SSSR count). The summed E-state index contributed by atoms with van der Waals surface area (Å²) in [5.41, 5.74) is 3.07. The standard InChI is InChI=1S/C25H24ClNO3/c1-3-23(19-7-5-4-6-8-19)27(24(28)20-13-15-22(26)16-14-20)17-18-9-11-21(12-10-18)25(29)30-2/h4-16,23H,3,17H2,1-2H3/t23-/m0/s1. The molecule has 0 aliphatic heterocycles. The molecule has 0 bridgehead atoms. The summed E-state index contributed by atoms with van der Waals surface area (Å²) in [5.74, 6) is -0.453. The van der Waals surface area contributed by atoms with Crippen molar-refractivity contribution in [2.75, 3.05) is 7.11 Å². The fraction of sp³-hybridized carbons (Fsp3) is 0.200. The third kappa shape index (κ3) is 5.08. The van der Waals surface area contributed by atoms with Gasteiger partial charge in [-0.2, -0.15) is 0 Å². The van der Waals surface area contributed by atoms with Crippen LogP contribution in [0.25, 0.3) is 0 Å². The van der Waals surface area contributed by atoms with Crippen molar-refractivity contribution in [2.24, 2.45) is 0 Å². The minimum atomic E-state index is -0.383. The molecule has 4 nitrogen and oxygen atoms in total. The minimum Gasteiger partial charge on any atom is -0.465 e. The van der Waals surface area contributed by atoms with Crippen molar-refractivity contribution < 1.29 is 14.3 Å². The molecule has 0 N–H and O–H groups in total. The number of ether oxygens (including phenoxy) is 1. The van der Waals surface area contributed by atoms with Gasteiger partial charge in [0, 0.05) is 17.1 Å². The predicted octanol–water partition coefficient (Wildman–Crippen LogP) is 5.92. The van der Waals surface area contributed by atoms with Crippen molar-refractivity contribution >= 4 is 23.5 Å².